The quantitative estimate of drug-likeness (QED) is 0.601. The van der Waals surface area contributed by atoms with Crippen molar-refractivity contribution in [2.24, 2.45) is 0 Å². The maximum absolute atomic E-state index is 10.5. The van der Waals surface area contributed by atoms with E-state index in [1.165, 1.54) is 24.3 Å². The van der Waals surface area contributed by atoms with Crippen LogP contribution in [0.1, 0.15) is 40.5 Å². The van der Waals surface area contributed by atoms with E-state index in [1.54, 1.807) is 6.08 Å². The second-order valence-corrected chi connectivity index (χ2v) is 3.85. The Labute approximate surface area is 132 Å². The van der Waals surface area contributed by atoms with Gasteiger partial charge in [0.1, 0.15) is 0 Å². The molecule has 0 unspecified atom stereocenters. The van der Waals surface area contributed by atoms with E-state index in [1.807, 2.05) is 6.92 Å². The third-order valence-corrected chi connectivity index (χ3v) is 1.94. The number of carboxylic acids is 4. The van der Waals surface area contributed by atoms with Crippen molar-refractivity contribution >= 4 is 23.9 Å². The highest BCUT2D eigenvalue weighted by Gasteiger charge is 2.13. The second kappa shape index (κ2) is 12.6. The van der Waals surface area contributed by atoms with E-state index < -0.39 is 23.9 Å². The Morgan fingerprint density at radius 1 is 0.870 bits per heavy atom. The van der Waals surface area contributed by atoms with E-state index in [2.05, 4.69) is 6.58 Å². The molecule has 0 atom stereocenters. The number of aromatic carboxylic acids is 2. The van der Waals surface area contributed by atoms with Crippen LogP contribution < -0.4 is 0 Å². The van der Waals surface area contributed by atoms with E-state index in [-0.39, 0.29) is 24.0 Å². The van der Waals surface area contributed by atoms with Crippen LogP contribution in [0.2, 0.25) is 0 Å². The van der Waals surface area contributed by atoms with Gasteiger partial charge in [0.2, 0.25) is 0 Å². The number of carbonyl (C=O) groups is 4. The Morgan fingerprint density at radius 3 is 1.30 bits per heavy atom. The highest BCUT2D eigenvalue weighted by atomic mass is 16.4. The monoisotopic (exact) mass is 326 g/mol. The molecule has 0 aromatic heterocycles. The van der Waals surface area contributed by atoms with Gasteiger partial charge in [-0.2, -0.15) is 0 Å². The molecule has 0 amide bonds. The molecule has 126 valence electrons. The predicted octanol–water partition coefficient (Wildman–Crippen LogP) is 2.21. The van der Waals surface area contributed by atoms with Gasteiger partial charge < -0.3 is 20.4 Å². The van der Waals surface area contributed by atoms with Crippen LogP contribution in [0.25, 0.3) is 0 Å². The minimum atomic E-state index is -1.23. The Morgan fingerprint density at radius 2 is 1.13 bits per heavy atom. The fraction of sp³-hybridized carbons (Fsp3) is 0.200. The number of benzene rings is 1. The maximum atomic E-state index is 10.5. The van der Waals surface area contributed by atoms with E-state index in [4.69, 9.17) is 20.4 Å². The standard InChI is InChI=1S/C8H6O4.C4H6O4.C3H6/c9-7(10)5-3-1-2-4-6(5)8(11)12;5-3(6)1-2-4(7)8;1-3-2/h1-4H,(H,9,10)(H,11,12);1-2H2,(H,5,6)(H,7,8);3H,1H2,2H3. The molecule has 0 spiro atoms. The molecule has 0 radical (unpaired) electrons. The molecule has 4 N–H and O–H groups in total. The van der Waals surface area contributed by atoms with Gasteiger partial charge in [0, 0.05) is 0 Å². The molecule has 1 rings (SSSR count). The Bertz CT molecular complexity index is 515. The third-order valence-electron chi connectivity index (χ3n) is 1.94. The molecule has 1 aromatic carbocycles. The molecule has 0 aliphatic rings. The first-order valence-electron chi connectivity index (χ1n) is 6.23. The molecule has 23 heavy (non-hydrogen) atoms. The van der Waals surface area contributed by atoms with Crippen molar-refractivity contribution in [3.63, 3.8) is 0 Å². The maximum Gasteiger partial charge on any atom is 0.336 e. The van der Waals surface area contributed by atoms with E-state index in [9.17, 15) is 19.2 Å². The SMILES string of the molecule is C=CC.O=C(O)CCC(=O)O.O=C(O)c1ccccc1C(=O)O. The zero-order valence-corrected chi connectivity index (χ0v) is 12.4. The fourth-order valence-electron chi connectivity index (χ4n) is 1.07. The summed E-state index contributed by atoms with van der Waals surface area (Å²) in [7, 11) is 0. The lowest BCUT2D eigenvalue weighted by Gasteiger charge is -1.98. The summed E-state index contributed by atoms with van der Waals surface area (Å²) >= 11 is 0. The van der Waals surface area contributed by atoms with E-state index in [0.717, 1.165) is 0 Å². The lowest BCUT2D eigenvalue weighted by atomic mass is 10.1. The van der Waals surface area contributed by atoms with Gasteiger partial charge in [-0.15, -0.1) is 6.58 Å². The van der Waals surface area contributed by atoms with Crippen LogP contribution in [0.15, 0.2) is 36.9 Å². The van der Waals surface area contributed by atoms with Gasteiger partial charge in [0.15, 0.2) is 0 Å². The van der Waals surface area contributed by atoms with Crippen molar-refractivity contribution in [1.82, 2.24) is 0 Å². The summed E-state index contributed by atoms with van der Waals surface area (Å²) in [6, 6.07) is 5.48. The zero-order valence-electron chi connectivity index (χ0n) is 12.4. The molecule has 1 aromatic rings. The van der Waals surface area contributed by atoms with Gasteiger partial charge in [-0.3, -0.25) is 9.59 Å². The average Bonchev–Trinajstić information content (AvgIpc) is 2.46. The summed E-state index contributed by atoms with van der Waals surface area (Å²) in [6.45, 7) is 5.25. The minimum absolute atomic E-state index is 0.190. The molecule has 0 saturated carbocycles. The molecular weight excluding hydrogens is 308 g/mol. The number of hydrogen-bond donors (Lipinski definition) is 4. The summed E-state index contributed by atoms with van der Waals surface area (Å²) in [5, 5.41) is 32.9. The van der Waals surface area contributed by atoms with Gasteiger partial charge in [-0.05, 0) is 19.1 Å². The summed E-state index contributed by atoms with van der Waals surface area (Å²) < 4.78 is 0. The van der Waals surface area contributed by atoms with Crippen LogP contribution in [0, 0.1) is 0 Å². The van der Waals surface area contributed by atoms with Gasteiger partial charge >= 0.3 is 23.9 Å². The molecule has 0 heterocycles. The van der Waals surface area contributed by atoms with Crippen LogP contribution in [0.3, 0.4) is 0 Å². The number of hydrogen-bond acceptors (Lipinski definition) is 4. The minimum Gasteiger partial charge on any atom is -0.481 e. The number of aliphatic carboxylic acids is 2. The average molecular weight is 326 g/mol. The molecule has 8 nitrogen and oxygen atoms in total. The molecule has 0 saturated heterocycles. The van der Waals surface area contributed by atoms with Crippen LogP contribution in [0.4, 0.5) is 0 Å². The Kier molecular flexibility index (Phi) is 12.1. The lowest BCUT2D eigenvalue weighted by Crippen LogP contribution is -2.06. The predicted molar refractivity (Wildman–Crippen MR) is 80.7 cm³/mol. The second-order valence-electron chi connectivity index (χ2n) is 3.85. The van der Waals surface area contributed by atoms with Gasteiger partial charge in [-0.1, -0.05) is 18.2 Å². The van der Waals surface area contributed by atoms with Crippen LogP contribution >= 0.6 is 0 Å². The first-order valence-corrected chi connectivity index (χ1v) is 6.23. The summed E-state index contributed by atoms with van der Waals surface area (Å²) in [5.74, 6) is -4.61. The molecule has 0 aliphatic heterocycles. The molecular formula is C15H18O8. The molecule has 0 aliphatic carbocycles. The summed E-state index contributed by atoms with van der Waals surface area (Å²) in [6.07, 6.45) is 1.16. The van der Waals surface area contributed by atoms with E-state index in [0.29, 0.717) is 0 Å². The first-order chi connectivity index (χ1) is 10.7. The Balaban J connectivity index is 0. The zero-order chi connectivity index (χ0) is 18.4. The Hall–Kier alpha value is -3.16. The normalized spacial score (nSPS) is 8.39. The first kappa shape index (κ1) is 22.1. The highest BCUT2D eigenvalue weighted by molar-refractivity contribution is 6.01. The van der Waals surface area contributed by atoms with Crippen molar-refractivity contribution in [3.05, 3.63) is 48.0 Å². The van der Waals surface area contributed by atoms with Crippen LogP contribution in [-0.4, -0.2) is 44.3 Å². The van der Waals surface area contributed by atoms with Crippen LogP contribution in [-0.2, 0) is 9.59 Å². The summed E-state index contributed by atoms with van der Waals surface area (Å²) in [5.41, 5.74) is -0.380. The largest absolute Gasteiger partial charge is 0.481 e. The van der Waals surface area contributed by atoms with Gasteiger partial charge in [0.05, 0.1) is 24.0 Å². The lowest BCUT2D eigenvalue weighted by molar-refractivity contribution is -0.143. The molecule has 0 bridgehead atoms. The van der Waals surface area contributed by atoms with Gasteiger partial charge in [-0.25, -0.2) is 9.59 Å². The van der Waals surface area contributed by atoms with Crippen molar-refractivity contribution in [1.29, 1.82) is 0 Å². The topological polar surface area (TPSA) is 149 Å². The highest BCUT2D eigenvalue weighted by Crippen LogP contribution is 2.07. The van der Waals surface area contributed by atoms with Gasteiger partial charge in [0.25, 0.3) is 0 Å². The smallest absolute Gasteiger partial charge is 0.336 e. The number of carboxylic acid groups (broad SMARTS) is 4. The molecule has 0 fully saturated rings. The van der Waals surface area contributed by atoms with Crippen molar-refractivity contribution in [2.45, 2.75) is 19.8 Å². The van der Waals surface area contributed by atoms with Crippen molar-refractivity contribution in [3.8, 4) is 0 Å². The molecule has 8 heteroatoms. The van der Waals surface area contributed by atoms with Crippen molar-refractivity contribution in [2.75, 3.05) is 0 Å². The summed E-state index contributed by atoms with van der Waals surface area (Å²) in [4.78, 5) is 40.2. The number of allylic oxidation sites excluding steroid dienone is 1. The van der Waals surface area contributed by atoms with Crippen LogP contribution in [0.5, 0.6) is 0 Å². The third kappa shape index (κ3) is 12.3. The fourth-order valence-corrected chi connectivity index (χ4v) is 1.07. The van der Waals surface area contributed by atoms with E-state index >= 15 is 0 Å². The van der Waals surface area contributed by atoms with Crippen molar-refractivity contribution < 1.29 is 39.6 Å². The number of rotatable bonds is 5.